The number of carbonyl (C=O) groups is 1. The third-order valence-corrected chi connectivity index (χ3v) is 3.30. The second kappa shape index (κ2) is 4.51. The highest BCUT2D eigenvalue weighted by atomic mass is 19.4. The summed E-state index contributed by atoms with van der Waals surface area (Å²) in [5.41, 5.74) is 7.04. The highest BCUT2D eigenvalue weighted by Crippen LogP contribution is 2.32. The second-order valence-corrected chi connectivity index (χ2v) is 4.79. The largest absolute Gasteiger partial charge is 0.419 e. The fraction of sp³-hybridized carbons (Fsp3) is 0.231. The Kier molecular flexibility index (Phi) is 2.89. The number of amides is 1. The summed E-state index contributed by atoms with van der Waals surface area (Å²) in [4.78, 5) is 11.4. The molecule has 0 bridgehead atoms. The van der Waals surface area contributed by atoms with E-state index < -0.39 is 11.7 Å². The predicted octanol–water partition coefficient (Wildman–Crippen LogP) is 2.36. The van der Waals surface area contributed by atoms with E-state index in [1.165, 1.54) is 6.07 Å². The van der Waals surface area contributed by atoms with Crippen molar-refractivity contribution in [1.82, 2.24) is 9.78 Å². The number of rotatable bonds is 1. The SMILES string of the molecule is Nc1cc2c(cc1-n1cc(C(F)(F)F)cn1)NC(=O)CC2. The van der Waals surface area contributed by atoms with Crippen LogP contribution in [0.15, 0.2) is 24.5 Å². The molecule has 1 aromatic carbocycles. The number of aryl methyl sites for hydroxylation is 1. The smallest absolute Gasteiger partial charge is 0.397 e. The molecule has 1 aliphatic rings. The Morgan fingerprint density at radius 3 is 2.71 bits per heavy atom. The number of hydrogen-bond acceptors (Lipinski definition) is 3. The number of fused-ring (bicyclic) bond motifs is 1. The van der Waals surface area contributed by atoms with Gasteiger partial charge in [-0.05, 0) is 24.1 Å². The Balaban J connectivity index is 2.04. The van der Waals surface area contributed by atoms with Crippen LogP contribution >= 0.6 is 0 Å². The molecule has 0 saturated carbocycles. The molecule has 1 aliphatic heterocycles. The van der Waals surface area contributed by atoms with Gasteiger partial charge in [0.2, 0.25) is 5.91 Å². The minimum atomic E-state index is -4.46. The van der Waals surface area contributed by atoms with Gasteiger partial charge in [-0.2, -0.15) is 18.3 Å². The molecule has 8 heteroatoms. The van der Waals surface area contributed by atoms with Gasteiger partial charge >= 0.3 is 6.18 Å². The quantitative estimate of drug-likeness (QED) is 0.793. The van der Waals surface area contributed by atoms with Crippen molar-refractivity contribution in [2.75, 3.05) is 11.1 Å². The summed E-state index contributed by atoms with van der Waals surface area (Å²) in [6.07, 6.45) is -1.94. The van der Waals surface area contributed by atoms with Crippen LogP contribution in [0.2, 0.25) is 0 Å². The summed E-state index contributed by atoms with van der Waals surface area (Å²) < 4.78 is 38.9. The number of aromatic nitrogens is 2. The van der Waals surface area contributed by atoms with Crippen LogP contribution in [0.1, 0.15) is 17.5 Å². The molecule has 3 N–H and O–H groups in total. The van der Waals surface area contributed by atoms with Crippen LogP contribution in [0.4, 0.5) is 24.5 Å². The number of alkyl halides is 3. The van der Waals surface area contributed by atoms with Crippen LogP contribution in [-0.2, 0) is 17.4 Å². The van der Waals surface area contributed by atoms with E-state index in [1.54, 1.807) is 6.07 Å². The minimum absolute atomic E-state index is 0.130. The lowest BCUT2D eigenvalue weighted by molar-refractivity contribution is -0.137. The molecule has 5 nitrogen and oxygen atoms in total. The second-order valence-electron chi connectivity index (χ2n) is 4.79. The number of benzene rings is 1. The molecule has 1 aromatic heterocycles. The topological polar surface area (TPSA) is 72.9 Å². The summed E-state index contributed by atoms with van der Waals surface area (Å²) in [6.45, 7) is 0. The molecule has 21 heavy (non-hydrogen) atoms. The van der Waals surface area contributed by atoms with Gasteiger partial charge in [0, 0.05) is 18.3 Å². The first-order chi connectivity index (χ1) is 9.84. The number of nitrogens with zero attached hydrogens (tertiary/aromatic N) is 2. The van der Waals surface area contributed by atoms with Gasteiger partial charge in [0.15, 0.2) is 0 Å². The zero-order chi connectivity index (χ0) is 15.2. The average Bonchev–Trinajstić information content (AvgIpc) is 2.88. The summed E-state index contributed by atoms with van der Waals surface area (Å²) in [7, 11) is 0. The fourth-order valence-corrected chi connectivity index (χ4v) is 2.24. The van der Waals surface area contributed by atoms with Gasteiger partial charge in [0.1, 0.15) is 0 Å². The summed E-state index contributed by atoms with van der Waals surface area (Å²) in [5, 5.41) is 6.36. The maximum absolute atomic E-state index is 12.6. The average molecular weight is 296 g/mol. The van der Waals surface area contributed by atoms with E-state index in [4.69, 9.17) is 5.73 Å². The monoisotopic (exact) mass is 296 g/mol. The zero-order valence-corrected chi connectivity index (χ0v) is 10.7. The predicted molar refractivity (Wildman–Crippen MR) is 69.9 cm³/mol. The van der Waals surface area contributed by atoms with Crippen molar-refractivity contribution >= 4 is 17.3 Å². The van der Waals surface area contributed by atoms with Crippen molar-refractivity contribution in [3.63, 3.8) is 0 Å². The number of nitrogens with two attached hydrogens (primary N) is 1. The first-order valence-corrected chi connectivity index (χ1v) is 6.19. The van der Waals surface area contributed by atoms with Crippen molar-refractivity contribution in [2.45, 2.75) is 19.0 Å². The fourth-order valence-electron chi connectivity index (χ4n) is 2.24. The van der Waals surface area contributed by atoms with Crippen LogP contribution in [-0.4, -0.2) is 15.7 Å². The van der Waals surface area contributed by atoms with Crippen molar-refractivity contribution in [2.24, 2.45) is 0 Å². The van der Waals surface area contributed by atoms with Crippen LogP contribution in [0, 0.1) is 0 Å². The Hall–Kier alpha value is -2.51. The molecule has 0 aliphatic carbocycles. The van der Waals surface area contributed by atoms with Gasteiger partial charge in [-0.1, -0.05) is 0 Å². The number of nitrogen functional groups attached to an aromatic ring is 1. The molecule has 0 fully saturated rings. The van der Waals surface area contributed by atoms with Gasteiger partial charge in [-0.25, -0.2) is 4.68 Å². The van der Waals surface area contributed by atoms with Crippen LogP contribution in [0.25, 0.3) is 5.69 Å². The van der Waals surface area contributed by atoms with Gasteiger partial charge in [-0.15, -0.1) is 0 Å². The molecule has 1 amide bonds. The molecule has 110 valence electrons. The molecule has 2 aromatic rings. The first kappa shape index (κ1) is 13.5. The van der Waals surface area contributed by atoms with E-state index in [0.29, 0.717) is 29.9 Å². The van der Waals surface area contributed by atoms with E-state index in [-0.39, 0.29) is 5.91 Å². The van der Waals surface area contributed by atoms with Crippen molar-refractivity contribution < 1.29 is 18.0 Å². The number of halogens is 3. The van der Waals surface area contributed by atoms with Crippen LogP contribution in [0.5, 0.6) is 0 Å². The van der Waals surface area contributed by atoms with E-state index in [9.17, 15) is 18.0 Å². The summed E-state index contributed by atoms with van der Waals surface area (Å²) in [6, 6.07) is 3.19. The number of anilines is 2. The molecular weight excluding hydrogens is 285 g/mol. The lowest BCUT2D eigenvalue weighted by Crippen LogP contribution is -2.19. The minimum Gasteiger partial charge on any atom is -0.397 e. The van der Waals surface area contributed by atoms with Gasteiger partial charge in [0.25, 0.3) is 0 Å². The third-order valence-electron chi connectivity index (χ3n) is 3.30. The third kappa shape index (κ3) is 2.44. The highest BCUT2D eigenvalue weighted by Gasteiger charge is 2.32. The Labute approximate surface area is 117 Å². The van der Waals surface area contributed by atoms with E-state index in [0.717, 1.165) is 22.6 Å². The molecule has 0 spiro atoms. The highest BCUT2D eigenvalue weighted by molar-refractivity contribution is 5.95. The molecule has 0 saturated heterocycles. The van der Waals surface area contributed by atoms with E-state index in [2.05, 4.69) is 10.4 Å². The van der Waals surface area contributed by atoms with Gasteiger partial charge in [0.05, 0.1) is 23.1 Å². The molecule has 0 atom stereocenters. The lowest BCUT2D eigenvalue weighted by atomic mass is 10.0. The molecule has 0 radical (unpaired) electrons. The molecule has 3 rings (SSSR count). The van der Waals surface area contributed by atoms with Crippen molar-refractivity contribution in [1.29, 1.82) is 0 Å². The summed E-state index contributed by atoms with van der Waals surface area (Å²) in [5.74, 6) is -0.130. The standard InChI is InChI=1S/C13H11F3N4O/c14-13(15,16)8-5-18-20(6-8)11-4-10-7(3-9(11)17)1-2-12(21)19-10/h3-6H,1-2,17H2,(H,19,21). The van der Waals surface area contributed by atoms with Gasteiger partial charge in [-0.3, -0.25) is 4.79 Å². The molecule has 0 unspecified atom stereocenters. The van der Waals surface area contributed by atoms with Crippen molar-refractivity contribution in [3.05, 3.63) is 35.7 Å². The van der Waals surface area contributed by atoms with E-state index in [1.807, 2.05) is 0 Å². The molecular formula is C13H11F3N4O. The Morgan fingerprint density at radius 1 is 1.29 bits per heavy atom. The first-order valence-electron chi connectivity index (χ1n) is 6.19. The van der Waals surface area contributed by atoms with Crippen LogP contribution in [0.3, 0.4) is 0 Å². The maximum atomic E-state index is 12.6. The van der Waals surface area contributed by atoms with Crippen LogP contribution < -0.4 is 11.1 Å². The number of nitrogens with one attached hydrogen (secondary N) is 1. The maximum Gasteiger partial charge on any atom is 0.419 e. The number of carbonyl (C=O) groups excluding carboxylic acids is 1. The Morgan fingerprint density at radius 2 is 2.05 bits per heavy atom. The Bertz CT molecular complexity index is 721. The van der Waals surface area contributed by atoms with Crippen molar-refractivity contribution in [3.8, 4) is 5.69 Å². The summed E-state index contributed by atoms with van der Waals surface area (Å²) >= 11 is 0. The van der Waals surface area contributed by atoms with Gasteiger partial charge < -0.3 is 11.1 Å². The normalized spacial score (nSPS) is 14.7. The molecule has 2 heterocycles. The number of hydrogen-bond donors (Lipinski definition) is 2. The van der Waals surface area contributed by atoms with E-state index >= 15 is 0 Å². The zero-order valence-electron chi connectivity index (χ0n) is 10.7. The lowest BCUT2D eigenvalue weighted by Gasteiger charge is -2.19.